The first-order valence-corrected chi connectivity index (χ1v) is 14.5. The number of benzene rings is 7. The minimum absolute atomic E-state index is 0.836. The van der Waals surface area contributed by atoms with Gasteiger partial charge in [0.1, 0.15) is 0 Å². The van der Waals surface area contributed by atoms with E-state index in [1.165, 1.54) is 65.7 Å². The number of allylic oxidation sites excluding steroid dienone is 3. The van der Waals surface area contributed by atoms with Crippen LogP contribution in [0.2, 0.25) is 0 Å². The van der Waals surface area contributed by atoms with Crippen LogP contribution in [0.4, 0.5) is 0 Å². The van der Waals surface area contributed by atoms with Crippen LogP contribution in [0.5, 0.6) is 0 Å². The third-order valence-corrected chi connectivity index (χ3v) is 8.12. The van der Waals surface area contributed by atoms with Gasteiger partial charge in [-0.3, -0.25) is 0 Å². The minimum Gasteiger partial charge on any atom is -0.404 e. The number of hydrogen-bond acceptors (Lipinski definition) is 1. The van der Waals surface area contributed by atoms with Crippen LogP contribution >= 0.6 is 0 Å². The van der Waals surface area contributed by atoms with Crippen LogP contribution in [0.25, 0.3) is 60.1 Å². The molecule has 0 aliphatic heterocycles. The van der Waals surface area contributed by atoms with Crippen molar-refractivity contribution in [3.63, 3.8) is 0 Å². The van der Waals surface area contributed by atoms with Crippen LogP contribution in [0.15, 0.2) is 164 Å². The van der Waals surface area contributed by atoms with Crippen LogP contribution in [0.1, 0.15) is 11.1 Å². The zero-order valence-electron chi connectivity index (χ0n) is 23.4. The van der Waals surface area contributed by atoms with Gasteiger partial charge in [-0.2, -0.15) is 0 Å². The van der Waals surface area contributed by atoms with Gasteiger partial charge in [0.05, 0.1) is 0 Å². The number of fused-ring (bicyclic) bond motifs is 3. The third kappa shape index (κ3) is 4.76. The number of nitrogens with two attached hydrogens (primary N) is 1. The van der Waals surface area contributed by atoms with Gasteiger partial charge in [0.15, 0.2) is 0 Å². The van der Waals surface area contributed by atoms with E-state index in [-0.39, 0.29) is 0 Å². The summed E-state index contributed by atoms with van der Waals surface area (Å²) in [4.78, 5) is 0. The molecule has 7 rings (SSSR count). The van der Waals surface area contributed by atoms with Gasteiger partial charge in [-0.05, 0) is 83.8 Å². The molecule has 1 nitrogen and oxygen atoms in total. The Bertz CT molecular complexity index is 2060. The second kappa shape index (κ2) is 11.2. The molecule has 0 bridgehead atoms. The van der Waals surface area contributed by atoms with Crippen molar-refractivity contribution in [2.45, 2.75) is 6.42 Å². The van der Waals surface area contributed by atoms with Crippen molar-refractivity contribution in [3.8, 4) is 22.3 Å². The van der Waals surface area contributed by atoms with Gasteiger partial charge in [0.25, 0.3) is 0 Å². The summed E-state index contributed by atoms with van der Waals surface area (Å²) in [5.41, 5.74) is 14.7. The van der Waals surface area contributed by atoms with Crippen LogP contribution in [-0.2, 0) is 6.42 Å². The maximum Gasteiger partial charge on any atom is 0.00179 e. The average Bonchev–Trinajstić information content (AvgIpc) is 3.06. The predicted octanol–water partition coefficient (Wildman–Crippen LogP) is 10.6. The summed E-state index contributed by atoms with van der Waals surface area (Å²) < 4.78 is 0. The van der Waals surface area contributed by atoms with Crippen LogP contribution < -0.4 is 5.73 Å². The molecule has 2 N–H and O–H groups in total. The Hall–Kier alpha value is -5.40. The quantitative estimate of drug-likeness (QED) is 0.166. The zero-order valence-corrected chi connectivity index (χ0v) is 23.4. The Morgan fingerprint density at radius 1 is 0.500 bits per heavy atom. The fourth-order valence-electron chi connectivity index (χ4n) is 6.15. The SMILES string of the molecule is N/C=C(\C=C/Cc1ccc2ccccc2c1)c1c2ccccc2c(-c2cccc(-c3ccccc3)c2)c2ccccc12. The van der Waals surface area contributed by atoms with E-state index in [0.717, 1.165) is 12.0 Å². The number of hydrogen-bond donors (Lipinski definition) is 1. The zero-order chi connectivity index (χ0) is 28.3. The Morgan fingerprint density at radius 2 is 1.10 bits per heavy atom. The summed E-state index contributed by atoms with van der Waals surface area (Å²) in [6.45, 7) is 0. The molecule has 7 aromatic rings. The summed E-state index contributed by atoms with van der Waals surface area (Å²) in [6.07, 6.45) is 6.99. The molecule has 0 heterocycles. The maximum absolute atomic E-state index is 6.36. The Balaban J connectivity index is 1.35. The second-order valence-corrected chi connectivity index (χ2v) is 10.7. The minimum atomic E-state index is 0.836. The first-order valence-electron chi connectivity index (χ1n) is 14.5. The van der Waals surface area contributed by atoms with Gasteiger partial charge in [-0.25, -0.2) is 0 Å². The molecule has 0 unspecified atom stereocenters. The summed E-state index contributed by atoms with van der Waals surface area (Å²) in [6, 6.07) is 52.1. The van der Waals surface area contributed by atoms with Gasteiger partial charge in [-0.1, -0.05) is 152 Å². The Kier molecular flexibility index (Phi) is 6.84. The van der Waals surface area contributed by atoms with Gasteiger partial charge >= 0.3 is 0 Å². The predicted molar refractivity (Wildman–Crippen MR) is 181 cm³/mol. The highest BCUT2D eigenvalue weighted by Crippen LogP contribution is 2.42. The molecule has 0 amide bonds. The molecule has 0 saturated heterocycles. The maximum atomic E-state index is 6.36. The largest absolute Gasteiger partial charge is 0.404 e. The van der Waals surface area contributed by atoms with E-state index >= 15 is 0 Å². The molecular weight excluding hydrogens is 506 g/mol. The molecule has 0 atom stereocenters. The van der Waals surface area contributed by atoms with E-state index in [0.29, 0.717) is 0 Å². The lowest BCUT2D eigenvalue weighted by atomic mass is 9.85. The normalized spacial score (nSPS) is 12.0. The molecule has 0 aromatic heterocycles. The van der Waals surface area contributed by atoms with E-state index in [9.17, 15) is 0 Å². The number of rotatable bonds is 6. The van der Waals surface area contributed by atoms with E-state index in [1.807, 2.05) is 0 Å². The van der Waals surface area contributed by atoms with Crippen molar-refractivity contribution < 1.29 is 0 Å². The Labute approximate surface area is 246 Å². The molecule has 1 heteroatoms. The van der Waals surface area contributed by atoms with Crippen molar-refractivity contribution in [2.24, 2.45) is 5.73 Å². The molecule has 0 spiro atoms. The van der Waals surface area contributed by atoms with E-state index in [1.54, 1.807) is 6.20 Å². The molecule has 7 aromatic carbocycles. The molecule has 200 valence electrons. The second-order valence-electron chi connectivity index (χ2n) is 10.7. The topological polar surface area (TPSA) is 26.0 Å². The smallest absolute Gasteiger partial charge is 0.00179 e. The highest BCUT2D eigenvalue weighted by molar-refractivity contribution is 6.19. The van der Waals surface area contributed by atoms with E-state index < -0.39 is 0 Å². The summed E-state index contributed by atoms with van der Waals surface area (Å²) in [5.74, 6) is 0. The van der Waals surface area contributed by atoms with Crippen LogP contribution in [0, 0.1) is 0 Å². The van der Waals surface area contributed by atoms with Crippen LogP contribution in [0.3, 0.4) is 0 Å². The molecule has 0 fully saturated rings. The molecular formula is C41H31N. The highest BCUT2D eigenvalue weighted by Gasteiger charge is 2.17. The van der Waals surface area contributed by atoms with Crippen molar-refractivity contribution in [1.82, 2.24) is 0 Å². The third-order valence-electron chi connectivity index (χ3n) is 8.12. The summed E-state index contributed by atoms with van der Waals surface area (Å²) in [5, 5.41) is 7.37. The first-order chi connectivity index (χ1) is 20.8. The van der Waals surface area contributed by atoms with Gasteiger partial charge in [-0.15, -0.1) is 0 Å². The molecule has 0 aliphatic rings. The van der Waals surface area contributed by atoms with E-state index in [4.69, 9.17) is 5.73 Å². The molecule has 0 radical (unpaired) electrons. The van der Waals surface area contributed by atoms with Crippen molar-refractivity contribution in [3.05, 3.63) is 175 Å². The standard InChI is InChI=1S/C41H31N/c42-28-35(19-10-12-29-24-25-31-15-4-5-16-32(31)26-29)41-38-22-8-6-20-36(38)40(37-21-7-9-23-39(37)41)34-18-11-17-33(27-34)30-13-2-1-3-14-30/h1-11,13-28H,12,42H2/b19-10-,35-28+. The first kappa shape index (κ1) is 25.6. The van der Waals surface area contributed by atoms with Crippen molar-refractivity contribution in [1.29, 1.82) is 0 Å². The van der Waals surface area contributed by atoms with E-state index in [2.05, 4.69) is 158 Å². The van der Waals surface area contributed by atoms with Gasteiger partial charge < -0.3 is 5.73 Å². The molecule has 42 heavy (non-hydrogen) atoms. The van der Waals surface area contributed by atoms with Crippen LogP contribution in [-0.4, -0.2) is 0 Å². The summed E-state index contributed by atoms with van der Waals surface area (Å²) >= 11 is 0. The molecule has 0 aliphatic carbocycles. The molecule has 0 saturated carbocycles. The monoisotopic (exact) mass is 537 g/mol. The lowest BCUT2D eigenvalue weighted by Crippen LogP contribution is -1.95. The van der Waals surface area contributed by atoms with Gasteiger partial charge in [0, 0.05) is 6.20 Å². The Morgan fingerprint density at radius 3 is 1.81 bits per heavy atom. The highest BCUT2D eigenvalue weighted by atomic mass is 14.5. The average molecular weight is 538 g/mol. The lowest BCUT2D eigenvalue weighted by molar-refractivity contribution is 1.28. The fraction of sp³-hybridized carbons (Fsp3) is 0.0244. The van der Waals surface area contributed by atoms with Gasteiger partial charge in [0.2, 0.25) is 0 Å². The lowest BCUT2D eigenvalue weighted by Gasteiger charge is -2.18. The van der Waals surface area contributed by atoms with Crippen molar-refractivity contribution in [2.75, 3.05) is 0 Å². The fourth-order valence-corrected chi connectivity index (χ4v) is 6.15. The van der Waals surface area contributed by atoms with Crippen molar-refractivity contribution >= 4 is 37.9 Å². The summed E-state index contributed by atoms with van der Waals surface area (Å²) in [7, 11) is 0.